The van der Waals surface area contributed by atoms with Gasteiger partial charge in [0.25, 0.3) is 0 Å². The topological polar surface area (TPSA) is 38.5 Å². The van der Waals surface area contributed by atoms with E-state index < -0.39 is 11.6 Å². The van der Waals surface area contributed by atoms with E-state index in [4.69, 9.17) is 10.5 Å². The van der Waals surface area contributed by atoms with Crippen molar-refractivity contribution in [2.24, 2.45) is 5.73 Å². The number of rotatable bonds is 9. The summed E-state index contributed by atoms with van der Waals surface area (Å²) in [7, 11) is 3.86. The number of halogens is 3. The highest BCUT2D eigenvalue weighted by Crippen LogP contribution is 2.38. The first-order valence-corrected chi connectivity index (χ1v) is 10.6. The molecule has 0 radical (unpaired) electrons. The second-order valence-corrected chi connectivity index (χ2v) is 8.59. The van der Waals surface area contributed by atoms with E-state index in [0.717, 1.165) is 16.8 Å². The van der Waals surface area contributed by atoms with Gasteiger partial charge in [0.1, 0.15) is 29.8 Å². The highest BCUT2D eigenvalue weighted by atomic mass is 32.1. The van der Waals surface area contributed by atoms with Crippen LogP contribution in [0.2, 0.25) is 0 Å². The molecular weight excluding hydrogens is 421 g/mol. The molecule has 7 heteroatoms. The number of hydrogen-bond acceptors (Lipinski definition) is 4. The lowest BCUT2D eigenvalue weighted by Gasteiger charge is -2.14. The van der Waals surface area contributed by atoms with Crippen LogP contribution in [0.5, 0.6) is 0 Å². The highest BCUT2D eigenvalue weighted by Gasteiger charge is 2.20. The second kappa shape index (κ2) is 9.58. The van der Waals surface area contributed by atoms with Gasteiger partial charge < -0.3 is 15.4 Å². The molecule has 0 atom stereocenters. The number of ether oxygens (including phenoxy) is 1. The second-order valence-electron chi connectivity index (χ2n) is 7.54. The fraction of sp³-hybridized carbons (Fsp3) is 0.250. The third-order valence-electron chi connectivity index (χ3n) is 4.97. The van der Waals surface area contributed by atoms with E-state index in [2.05, 4.69) is 13.2 Å². The molecule has 0 spiro atoms. The normalized spacial score (nSPS) is 11.3. The van der Waals surface area contributed by atoms with Crippen molar-refractivity contribution in [2.75, 3.05) is 27.2 Å². The summed E-state index contributed by atoms with van der Waals surface area (Å²) < 4.78 is 50.2. The Morgan fingerprint density at radius 2 is 1.68 bits per heavy atom. The van der Waals surface area contributed by atoms with Gasteiger partial charge >= 0.3 is 0 Å². The third-order valence-corrected chi connectivity index (χ3v) is 6.21. The molecule has 0 aliphatic carbocycles. The van der Waals surface area contributed by atoms with Crippen molar-refractivity contribution in [3.8, 4) is 0 Å². The zero-order valence-electron chi connectivity index (χ0n) is 17.6. The van der Waals surface area contributed by atoms with E-state index >= 15 is 0 Å². The molecule has 0 saturated heterocycles. The molecule has 0 unspecified atom stereocenters. The number of aryl methyl sites for hydroxylation is 1. The lowest BCUT2D eigenvalue weighted by molar-refractivity contribution is 0.233. The number of thiophene rings is 1. The van der Waals surface area contributed by atoms with Crippen LogP contribution in [0.25, 0.3) is 21.5 Å². The van der Waals surface area contributed by atoms with Crippen LogP contribution < -0.4 is 5.73 Å². The Bertz CT molecular complexity index is 1110. The molecule has 3 rings (SSSR count). The Kier molecular flexibility index (Phi) is 7.08. The summed E-state index contributed by atoms with van der Waals surface area (Å²) in [4.78, 5) is 2.66. The number of likely N-dealkylation sites (N-methyl/N-ethyl adjacent to an activating group) is 1. The van der Waals surface area contributed by atoms with Crippen LogP contribution >= 0.6 is 11.3 Å². The maximum Gasteiger partial charge on any atom is 0.132 e. The third kappa shape index (κ3) is 5.11. The van der Waals surface area contributed by atoms with Crippen molar-refractivity contribution >= 4 is 32.9 Å². The van der Waals surface area contributed by atoms with Crippen LogP contribution in [0.1, 0.15) is 21.6 Å². The molecule has 31 heavy (non-hydrogen) atoms. The van der Waals surface area contributed by atoms with Crippen LogP contribution in [-0.2, 0) is 17.6 Å². The van der Waals surface area contributed by atoms with E-state index in [0.29, 0.717) is 34.7 Å². The van der Waals surface area contributed by atoms with Gasteiger partial charge in [0.2, 0.25) is 0 Å². The summed E-state index contributed by atoms with van der Waals surface area (Å²) in [6.45, 7) is 8.64. The Labute approximate surface area is 184 Å². The van der Waals surface area contributed by atoms with Gasteiger partial charge in [-0.25, -0.2) is 13.2 Å². The number of nitrogens with two attached hydrogens (primary N) is 1. The van der Waals surface area contributed by atoms with Gasteiger partial charge in [0, 0.05) is 33.5 Å². The molecule has 0 fully saturated rings. The number of nitrogens with zero attached hydrogens (tertiary/aromatic N) is 1. The SMILES string of the molecule is C=C(N)c1cc(F)c(CCc2c(C(=C)OCCN(C)C)sc3cccc(F)c23)c(F)c1. The lowest BCUT2D eigenvalue weighted by atomic mass is 9.99. The Hall–Kier alpha value is -2.77. The molecule has 1 aromatic heterocycles. The number of hydrogen-bond donors (Lipinski definition) is 1. The molecule has 0 bridgehead atoms. The first-order valence-electron chi connectivity index (χ1n) is 9.78. The van der Waals surface area contributed by atoms with Gasteiger partial charge in [-0.05, 0) is 56.8 Å². The predicted molar refractivity (Wildman–Crippen MR) is 122 cm³/mol. The Balaban J connectivity index is 1.94. The highest BCUT2D eigenvalue weighted by molar-refractivity contribution is 7.20. The minimum Gasteiger partial charge on any atom is -0.491 e. The first kappa shape index (κ1) is 22.9. The van der Waals surface area contributed by atoms with Gasteiger partial charge in [-0.2, -0.15) is 0 Å². The summed E-state index contributed by atoms with van der Waals surface area (Å²) in [5, 5.41) is 0.438. The zero-order chi connectivity index (χ0) is 22.7. The van der Waals surface area contributed by atoms with E-state index in [1.807, 2.05) is 25.1 Å². The molecule has 1 heterocycles. The van der Waals surface area contributed by atoms with Crippen molar-refractivity contribution in [2.45, 2.75) is 12.8 Å². The molecule has 0 aliphatic heterocycles. The van der Waals surface area contributed by atoms with Crippen molar-refractivity contribution in [1.82, 2.24) is 4.90 Å². The van der Waals surface area contributed by atoms with E-state index in [-0.39, 0.29) is 35.5 Å². The van der Waals surface area contributed by atoms with Crippen LogP contribution in [0.3, 0.4) is 0 Å². The smallest absolute Gasteiger partial charge is 0.132 e. The standard InChI is InChI=1S/C24H25F3N2OS/c1-14(28)16-12-20(26)17(21(27)13-16)8-9-18-23-19(25)6-5-7-22(23)31-24(18)15(2)30-11-10-29(3)4/h5-7,12-13H,1-2,8-11,28H2,3-4H3. The fourth-order valence-electron chi connectivity index (χ4n) is 3.33. The van der Waals surface area contributed by atoms with Gasteiger partial charge in [0.15, 0.2) is 0 Å². The molecular formula is C24H25F3N2OS. The van der Waals surface area contributed by atoms with Crippen molar-refractivity contribution in [1.29, 1.82) is 0 Å². The minimum absolute atomic E-state index is 0.0487. The largest absolute Gasteiger partial charge is 0.491 e. The molecule has 3 nitrogen and oxygen atoms in total. The molecule has 0 saturated carbocycles. The van der Waals surface area contributed by atoms with Crippen LogP contribution in [0.4, 0.5) is 13.2 Å². The molecule has 164 valence electrons. The average Bonchev–Trinajstić information content (AvgIpc) is 3.07. The molecule has 0 amide bonds. The molecule has 0 aliphatic rings. The van der Waals surface area contributed by atoms with Crippen LogP contribution in [0, 0.1) is 17.5 Å². The van der Waals surface area contributed by atoms with Crippen LogP contribution in [-0.4, -0.2) is 32.1 Å². The lowest BCUT2D eigenvalue weighted by Crippen LogP contribution is -2.17. The Morgan fingerprint density at radius 3 is 2.29 bits per heavy atom. The van der Waals surface area contributed by atoms with Gasteiger partial charge in [-0.15, -0.1) is 11.3 Å². The maximum atomic E-state index is 14.7. The van der Waals surface area contributed by atoms with Crippen molar-refractivity contribution < 1.29 is 17.9 Å². The first-order chi connectivity index (χ1) is 14.7. The summed E-state index contributed by atoms with van der Waals surface area (Å²) >= 11 is 1.36. The fourth-order valence-corrected chi connectivity index (χ4v) is 4.51. The molecule has 3 aromatic rings. The minimum atomic E-state index is -0.704. The van der Waals surface area contributed by atoms with Crippen molar-refractivity contribution in [3.63, 3.8) is 0 Å². The quantitative estimate of drug-likeness (QED) is 0.436. The maximum absolute atomic E-state index is 14.7. The van der Waals surface area contributed by atoms with Crippen LogP contribution in [0.15, 0.2) is 43.5 Å². The van der Waals surface area contributed by atoms with E-state index in [9.17, 15) is 13.2 Å². The van der Waals surface area contributed by atoms with Gasteiger partial charge in [-0.3, -0.25) is 0 Å². The predicted octanol–water partition coefficient (Wildman–Crippen LogP) is 5.58. The molecule has 2 N–H and O–H groups in total. The van der Waals surface area contributed by atoms with Gasteiger partial charge in [0.05, 0.1) is 4.88 Å². The summed E-state index contributed by atoms with van der Waals surface area (Å²) in [5.41, 5.74) is 6.40. The number of benzene rings is 2. The Morgan fingerprint density at radius 1 is 1.03 bits per heavy atom. The van der Waals surface area contributed by atoms with E-state index in [1.54, 1.807) is 6.07 Å². The molecule has 2 aromatic carbocycles. The zero-order valence-corrected chi connectivity index (χ0v) is 18.4. The van der Waals surface area contributed by atoms with E-state index in [1.165, 1.54) is 17.4 Å². The summed E-state index contributed by atoms with van der Waals surface area (Å²) in [6, 6.07) is 7.15. The number of fused-ring (bicyclic) bond motifs is 1. The monoisotopic (exact) mass is 446 g/mol. The average molecular weight is 447 g/mol. The van der Waals surface area contributed by atoms with Crippen molar-refractivity contribution in [3.05, 3.63) is 82.5 Å². The summed E-state index contributed by atoms with van der Waals surface area (Å²) in [5.74, 6) is -1.37. The van der Waals surface area contributed by atoms with Gasteiger partial charge in [-0.1, -0.05) is 19.2 Å². The summed E-state index contributed by atoms with van der Waals surface area (Å²) in [6.07, 6.45) is 0.274.